The first-order valence-corrected chi connectivity index (χ1v) is 11.7. The summed E-state index contributed by atoms with van der Waals surface area (Å²) in [7, 11) is -4.65. The zero-order valence-electron chi connectivity index (χ0n) is 14.3. The van der Waals surface area contributed by atoms with Gasteiger partial charge in [0.05, 0.1) is 13.0 Å². The molecule has 0 bridgehead atoms. The minimum absolute atomic E-state index is 0.149. The van der Waals surface area contributed by atoms with Gasteiger partial charge in [0.15, 0.2) is 0 Å². The van der Waals surface area contributed by atoms with Gasteiger partial charge in [-0.15, -0.1) is 23.1 Å². The van der Waals surface area contributed by atoms with Crippen LogP contribution in [0, 0.1) is 5.92 Å². The monoisotopic (exact) mass is 434 g/mol. The molecule has 27 heavy (non-hydrogen) atoms. The van der Waals surface area contributed by atoms with Crippen LogP contribution in [-0.2, 0) is 30.1 Å². The van der Waals surface area contributed by atoms with E-state index in [-0.39, 0.29) is 18.9 Å². The van der Waals surface area contributed by atoms with E-state index < -0.39 is 42.6 Å². The van der Waals surface area contributed by atoms with Crippen LogP contribution < -0.4 is 5.32 Å². The van der Waals surface area contributed by atoms with Crippen LogP contribution in [-0.4, -0.2) is 62.0 Å². The van der Waals surface area contributed by atoms with Gasteiger partial charge in [-0.1, -0.05) is 6.07 Å². The molecular weight excluding hydrogens is 415 g/mol. The molecule has 2 unspecified atom stereocenters. The van der Waals surface area contributed by atoms with Gasteiger partial charge < -0.3 is 24.7 Å². The van der Waals surface area contributed by atoms with Crippen molar-refractivity contribution < 1.29 is 33.5 Å². The molecule has 4 atom stereocenters. The van der Waals surface area contributed by atoms with Crippen molar-refractivity contribution in [2.75, 3.05) is 12.4 Å². The number of esters is 1. The highest BCUT2D eigenvalue weighted by molar-refractivity contribution is 8.00. The summed E-state index contributed by atoms with van der Waals surface area (Å²) in [6.45, 7) is 1.03. The summed E-state index contributed by atoms with van der Waals surface area (Å²) in [4.78, 5) is 57.2. The van der Waals surface area contributed by atoms with E-state index in [1.165, 1.54) is 30.0 Å². The number of nitrogens with zero attached hydrogens (tertiary/aromatic N) is 1. The van der Waals surface area contributed by atoms with Crippen molar-refractivity contribution in [1.82, 2.24) is 10.2 Å². The largest absolute Gasteiger partial charge is 0.465 e. The number of thioether (sulfide) groups is 1. The number of β-lactam (4-membered cyclic amide) rings is 1. The minimum Gasteiger partial charge on any atom is -0.465 e. The van der Waals surface area contributed by atoms with Gasteiger partial charge >= 0.3 is 13.6 Å². The number of rotatable bonds is 6. The summed E-state index contributed by atoms with van der Waals surface area (Å²) in [5, 5.41) is 3.96. The summed E-state index contributed by atoms with van der Waals surface area (Å²) in [6.07, 6.45) is 0.149. The Morgan fingerprint density at radius 3 is 2.78 bits per heavy atom. The van der Waals surface area contributed by atoms with Gasteiger partial charge in [0, 0.05) is 23.5 Å². The number of hydrogen-bond donors (Lipinski definition) is 3. The van der Waals surface area contributed by atoms with Gasteiger partial charge in [-0.25, -0.2) is 0 Å². The van der Waals surface area contributed by atoms with Crippen LogP contribution in [0.25, 0.3) is 0 Å². The Bertz CT molecular complexity index is 781. The molecule has 0 aromatic carbocycles. The molecule has 3 heterocycles. The van der Waals surface area contributed by atoms with E-state index >= 15 is 0 Å². The standard InChI is InChI=1S/C15H19N2O7PS2/c1-8(18)24-6-9-7-27-15-12(13(20)17(15)14(9)25(21,22)23)16-11(19)5-10-3-2-4-26-10/h2-4,9,12,14-15H,5-7H2,1H3,(H,16,19)(H2,21,22,23)/t9?,12-,14?,15-/m1/s1. The van der Waals surface area contributed by atoms with Crippen molar-refractivity contribution in [3.8, 4) is 0 Å². The topological polar surface area (TPSA) is 133 Å². The van der Waals surface area contributed by atoms with E-state index in [1.807, 2.05) is 17.5 Å². The second-order valence-corrected chi connectivity index (χ2v) is 10.2. The Labute approximate surface area is 163 Å². The number of amides is 2. The molecule has 148 valence electrons. The first-order valence-electron chi connectivity index (χ1n) is 8.12. The fraction of sp³-hybridized carbons (Fsp3) is 0.533. The second-order valence-electron chi connectivity index (χ2n) is 6.34. The van der Waals surface area contributed by atoms with Gasteiger partial charge in [0.1, 0.15) is 17.2 Å². The molecule has 0 aliphatic carbocycles. The number of fused-ring (bicyclic) bond motifs is 1. The Balaban J connectivity index is 1.68. The molecule has 1 aromatic heterocycles. The van der Waals surface area contributed by atoms with Crippen molar-refractivity contribution in [2.45, 2.75) is 30.5 Å². The van der Waals surface area contributed by atoms with Crippen molar-refractivity contribution in [3.63, 3.8) is 0 Å². The Morgan fingerprint density at radius 2 is 2.19 bits per heavy atom. The Kier molecular flexibility index (Phi) is 5.97. The predicted molar refractivity (Wildman–Crippen MR) is 99.0 cm³/mol. The summed E-state index contributed by atoms with van der Waals surface area (Å²) in [5.41, 5.74) is 0. The van der Waals surface area contributed by atoms with E-state index in [0.29, 0.717) is 5.75 Å². The third-order valence-electron chi connectivity index (χ3n) is 4.34. The molecule has 3 N–H and O–H groups in total. The third-order valence-corrected chi connectivity index (χ3v) is 8.04. The average Bonchev–Trinajstić information content (AvgIpc) is 3.08. The fourth-order valence-electron chi connectivity index (χ4n) is 3.20. The van der Waals surface area contributed by atoms with Gasteiger partial charge in [0.25, 0.3) is 0 Å². The van der Waals surface area contributed by atoms with Crippen LogP contribution in [0.3, 0.4) is 0 Å². The number of hydrogen-bond acceptors (Lipinski definition) is 7. The molecule has 2 aliphatic heterocycles. The van der Waals surface area contributed by atoms with Gasteiger partial charge in [-0.2, -0.15) is 0 Å². The van der Waals surface area contributed by atoms with Crippen LogP contribution in [0.15, 0.2) is 17.5 Å². The van der Waals surface area contributed by atoms with Crippen LogP contribution >= 0.6 is 30.7 Å². The molecule has 3 rings (SSSR count). The highest BCUT2D eigenvalue weighted by atomic mass is 32.2. The first-order chi connectivity index (χ1) is 12.7. The van der Waals surface area contributed by atoms with Gasteiger partial charge in [0.2, 0.25) is 11.8 Å². The van der Waals surface area contributed by atoms with E-state index in [1.54, 1.807) is 0 Å². The smallest absolute Gasteiger partial charge is 0.348 e. The van der Waals surface area contributed by atoms with E-state index in [0.717, 1.165) is 9.78 Å². The van der Waals surface area contributed by atoms with Crippen LogP contribution in [0.2, 0.25) is 0 Å². The van der Waals surface area contributed by atoms with Crippen molar-refractivity contribution in [1.29, 1.82) is 0 Å². The third kappa shape index (κ3) is 4.38. The molecule has 1 aromatic rings. The second kappa shape index (κ2) is 7.92. The molecule has 12 heteroatoms. The van der Waals surface area contributed by atoms with Crippen LogP contribution in [0.1, 0.15) is 11.8 Å². The number of ether oxygens (including phenoxy) is 1. The number of thiophene rings is 1. The zero-order valence-corrected chi connectivity index (χ0v) is 16.8. The lowest BCUT2D eigenvalue weighted by Gasteiger charge is -2.55. The highest BCUT2D eigenvalue weighted by Crippen LogP contribution is 2.55. The summed E-state index contributed by atoms with van der Waals surface area (Å²) >= 11 is 2.75. The maximum atomic E-state index is 12.5. The molecule has 2 aliphatic rings. The average molecular weight is 434 g/mol. The Hall–Kier alpha value is -1.39. The zero-order chi connectivity index (χ0) is 19.8. The van der Waals surface area contributed by atoms with Gasteiger partial charge in [-0.3, -0.25) is 18.9 Å². The van der Waals surface area contributed by atoms with Crippen molar-refractivity contribution in [3.05, 3.63) is 22.4 Å². The Morgan fingerprint density at radius 1 is 1.44 bits per heavy atom. The lowest BCUT2D eigenvalue weighted by Crippen LogP contribution is -2.74. The molecule has 2 amide bonds. The summed E-state index contributed by atoms with van der Waals surface area (Å²) in [5.74, 6) is -3.14. The molecule has 9 nitrogen and oxygen atoms in total. The normalized spacial score (nSPS) is 27.5. The predicted octanol–water partition coefficient (Wildman–Crippen LogP) is 0.374. The molecule has 0 spiro atoms. The maximum absolute atomic E-state index is 12.5. The lowest BCUT2D eigenvalue weighted by atomic mass is 10.0. The maximum Gasteiger partial charge on any atom is 0.348 e. The molecule has 2 saturated heterocycles. The quantitative estimate of drug-likeness (QED) is 0.332. The summed E-state index contributed by atoms with van der Waals surface area (Å²) in [6, 6.07) is 2.83. The number of carbonyl (C=O) groups is 3. The fourth-order valence-corrected chi connectivity index (χ4v) is 6.96. The van der Waals surface area contributed by atoms with Crippen LogP contribution in [0.4, 0.5) is 0 Å². The van der Waals surface area contributed by atoms with Crippen molar-refractivity contribution >= 4 is 48.5 Å². The summed E-state index contributed by atoms with van der Waals surface area (Å²) < 4.78 is 16.9. The first kappa shape index (κ1) is 20.3. The molecule has 2 fully saturated rings. The highest BCUT2D eigenvalue weighted by Gasteiger charge is 2.60. The van der Waals surface area contributed by atoms with Crippen LogP contribution in [0.5, 0.6) is 0 Å². The lowest BCUT2D eigenvalue weighted by molar-refractivity contribution is -0.153. The number of nitrogens with one attached hydrogen (secondary N) is 1. The van der Waals surface area contributed by atoms with Crippen molar-refractivity contribution in [2.24, 2.45) is 5.92 Å². The minimum atomic E-state index is -4.65. The van der Waals surface area contributed by atoms with Gasteiger partial charge in [-0.05, 0) is 11.4 Å². The van der Waals surface area contributed by atoms with E-state index in [9.17, 15) is 28.7 Å². The molecular formula is C15H19N2O7PS2. The molecule has 0 saturated carbocycles. The van der Waals surface area contributed by atoms with E-state index in [4.69, 9.17) is 4.74 Å². The molecule has 0 radical (unpaired) electrons. The SMILES string of the molecule is CC(=O)OCC1CS[C@@H]2[C@H](NC(=O)Cc3cccs3)C(=O)N2C1P(=O)(O)O. The number of carbonyl (C=O) groups excluding carboxylic acids is 3. The van der Waals surface area contributed by atoms with E-state index in [2.05, 4.69) is 5.32 Å².